The van der Waals surface area contributed by atoms with Crippen LogP contribution in [0.25, 0.3) is 0 Å². The minimum Gasteiger partial charge on any atom is -0.369 e. The average molecular weight is 270 g/mol. The lowest BCUT2D eigenvalue weighted by Gasteiger charge is -2.24. The van der Waals surface area contributed by atoms with E-state index in [0.717, 1.165) is 0 Å². The summed E-state index contributed by atoms with van der Waals surface area (Å²) in [6.07, 6.45) is 19.4. The molecule has 0 fully saturated rings. The minimum absolute atomic E-state index is 0.541. The maximum absolute atomic E-state index is 10.6. The molecule has 1 heteroatoms. The van der Waals surface area contributed by atoms with Gasteiger partial charge < -0.3 is 5.11 Å². The van der Waals surface area contributed by atoms with Crippen molar-refractivity contribution in [3.63, 3.8) is 0 Å². The zero-order valence-electron chi connectivity index (χ0n) is 13.1. The highest BCUT2D eigenvalue weighted by molar-refractivity contribution is 5.52. The molecule has 0 bridgehead atoms. The third-order valence-electron chi connectivity index (χ3n) is 2.42. The fourth-order valence-corrected chi connectivity index (χ4v) is 1.41. The van der Waals surface area contributed by atoms with Gasteiger partial charge in [0.1, 0.15) is 0 Å². The molecule has 0 radical (unpaired) electrons. The fraction of sp³-hybridized carbons (Fsp3) is 0.263. The molecule has 0 atom stereocenters. The van der Waals surface area contributed by atoms with Crippen LogP contribution in [0.15, 0.2) is 72.9 Å². The third kappa shape index (κ3) is 5.73. The summed E-state index contributed by atoms with van der Waals surface area (Å²) >= 11 is 0. The Morgan fingerprint density at radius 1 is 1.00 bits per heavy atom. The maximum Gasteiger partial charge on any atom is 0.176 e. The predicted octanol–water partition coefficient (Wildman–Crippen LogP) is 4.75. The largest absolute Gasteiger partial charge is 0.369 e. The Kier molecular flexibility index (Phi) is 12.2. The van der Waals surface area contributed by atoms with Gasteiger partial charge in [-0.2, -0.15) is 0 Å². The Morgan fingerprint density at radius 3 is 1.55 bits per heavy atom. The van der Waals surface area contributed by atoms with E-state index in [-0.39, 0.29) is 0 Å². The van der Waals surface area contributed by atoms with Crippen LogP contribution in [0.5, 0.6) is 0 Å². The summed E-state index contributed by atoms with van der Waals surface area (Å²) in [6.45, 7) is 15.1. The van der Waals surface area contributed by atoms with Crippen molar-refractivity contribution in [3.8, 4) is 12.3 Å². The molecule has 0 aromatic rings. The van der Waals surface area contributed by atoms with Crippen molar-refractivity contribution >= 4 is 0 Å². The lowest BCUT2D eigenvalue weighted by molar-refractivity contribution is 0.186. The first-order valence-corrected chi connectivity index (χ1v) is 6.72. The first-order chi connectivity index (χ1) is 9.60. The van der Waals surface area contributed by atoms with Gasteiger partial charge in [0.05, 0.1) is 0 Å². The maximum atomic E-state index is 10.6. The standard InChI is InChI=1S/C17H20O.C2H6/c1-6-11-13-15(8-3)17(18,10-5)16(9-4)14-12-7-2;1-2/h5-9,11-14,18H,3-4H2,1-2H3;1-2H3/b11-6-,12-7-,15-13+,16-14+;. The van der Waals surface area contributed by atoms with E-state index in [1.165, 1.54) is 0 Å². The molecular weight excluding hydrogens is 244 g/mol. The van der Waals surface area contributed by atoms with Gasteiger partial charge in [0.15, 0.2) is 5.60 Å². The Balaban J connectivity index is 0. The lowest BCUT2D eigenvalue weighted by atomic mass is 9.85. The molecule has 0 aliphatic rings. The number of terminal acetylenes is 1. The molecule has 1 N–H and O–H groups in total. The second-order valence-corrected chi connectivity index (χ2v) is 3.56. The SMILES string of the molecule is C#CC(O)(/C(C=C)=C/C=C\C)/C(C=C)=C/C=C\C.CC. The van der Waals surface area contributed by atoms with E-state index in [1.54, 1.807) is 36.5 Å². The van der Waals surface area contributed by atoms with E-state index in [2.05, 4.69) is 19.1 Å². The van der Waals surface area contributed by atoms with Gasteiger partial charge in [0, 0.05) is 0 Å². The van der Waals surface area contributed by atoms with Crippen molar-refractivity contribution < 1.29 is 5.11 Å². The van der Waals surface area contributed by atoms with Crippen molar-refractivity contribution in [1.82, 2.24) is 0 Å². The number of hydrogen-bond donors (Lipinski definition) is 1. The van der Waals surface area contributed by atoms with E-state index < -0.39 is 5.60 Å². The van der Waals surface area contributed by atoms with Crippen LogP contribution >= 0.6 is 0 Å². The molecule has 0 aromatic carbocycles. The highest BCUT2D eigenvalue weighted by atomic mass is 16.3. The molecule has 20 heavy (non-hydrogen) atoms. The van der Waals surface area contributed by atoms with Crippen LogP contribution in [0.3, 0.4) is 0 Å². The van der Waals surface area contributed by atoms with Gasteiger partial charge in [0.2, 0.25) is 0 Å². The molecule has 0 aliphatic heterocycles. The second kappa shape index (κ2) is 12.0. The zero-order chi connectivity index (χ0) is 16.0. The molecule has 0 saturated carbocycles. The van der Waals surface area contributed by atoms with Crippen LogP contribution in [0, 0.1) is 12.3 Å². The summed E-state index contributed by atoms with van der Waals surface area (Å²) in [5, 5.41) is 10.6. The highest BCUT2D eigenvalue weighted by Crippen LogP contribution is 2.27. The van der Waals surface area contributed by atoms with Gasteiger partial charge in [-0.05, 0) is 25.0 Å². The minimum atomic E-state index is -1.51. The van der Waals surface area contributed by atoms with Crippen molar-refractivity contribution in [2.75, 3.05) is 0 Å². The molecule has 0 heterocycles. The van der Waals surface area contributed by atoms with Gasteiger partial charge in [-0.3, -0.25) is 0 Å². The van der Waals surface area contributed by atoms with Gasteiger partial charge >= 0.3 is 0 Å². The molecular formula is C19H26O. The average Bonchev–Trinajstić information content (AvgIpc) is 2.50. The molecule has 0 rings (SSSR count). The Hall–Kier alpha value is -2.04. The number of rotatable bonds is 6. The summed E-state index contributed by atoms with van der Waals surface area (Å²) in [5.74, 6) is 2.41. The van der Waals surface area contributed by atoms with Crippen LogP contribution in [0.1, 0.15) is 27.7 Å². The predicted molar refractivity (Wildman–Crippen MR) is 91.3 cm³/mol. The Bertz CT molecular complexity index is 417. The van der Waals surface area contributed by atoms with Crippen LogP contribution in [0.4, 0.5) is 0 Å². The molecule has 108 valence electrons. The van der Waals surface area contributed by atoms with Crippen LogP contribution in [0.2, 0.25) is 0 Å². The smallest absolute Gasteiger partial charge is 0.176 e. The van der Waals surface area contributed by atoms with Crippen LogP contribution in [-0.4, -0.2) is 10.7 Å². The van der Waals surface area contributed by atoms with E-state index in [4.69, 9.17) is 6.42 Å². The molecule has 1 nitrogen and oxygen atoms in total. The Morgan fingerprint density at radius 2 is 1.35 bits per heavy atom. The molecule has 0 saturated heterocycles. The Labute approximate surface area is 124 Å². The van der Waals surface area contributed by atoms with E-state index in [1.807, 2.05) is 39.8 Å². The molecule has 0 amide bonds. The van der Waals surface area contributed by atoms with E-state index in [9.17, 15) is 5.11 Å². The zero-order valence-corrected chi connectivity index (χ0v) is 13.1. The monoisotopic (exact) mass is 270 g/mol. The summed E-state index contributed by atoms with van der Waals surface area (Å²) in [5.41, 5.74) is -0.430. The fourth-order valence-electron chi connectivity index (χ4n) is 1.41. The lowest BCUT2D eigenvalue weighted by Crippen LogP contribution is -2.30. The summed E-state index contributed by atoms with van der Waals surface area (Å²) in [6, 6.07) is 0. The first kappa shape index (κ1) is 20.3. The molecule has 0 aromatic heterocycles. The van der Waals surface area contributed by atoms with Crippen LogP contribution in [-0.2, 0) is 0 Å². The van der Waals surface area contributed by atoms with Gasteiger partial charge in [-0.25, -0.2) is 0 Å². The van der Waals surface area contributed by atoms with E-state index >= 15 is 0 Å². The second-order valence-electron chi connectivity index (χ2n) is 3.56. The van der Waals surface area contributed by atoms with Gasteiger partial charge in [-0.1, -0.05) is 81.5 Å². The van der Waals surface area contributed by atoms with Gasteiger partial charge in [0.25, 0.3) is 0 Å². The number of hydrogen-bond acceptors (Lipinski definition) is 1. The topological polar surface area (TPSA) is 20.2 Å². The summed E-state index contributed by atoms with van der Waals surface area (Å²) in [4.78, 5) is 0. The third-order valence-corrected chi connectivity index (χ3v) is 2.42. The molecule has 0 unspecified atom stereocenters. The quantitative estimate of drug-likeness (QED) is 0.545. The normalized spacial score (nSPS) is 12.8. The molecule has 0 spiro atoms. The summed E-state index contributed by atoms with van der Waals surface area (Å²) < 4.78 is 0. The number of allylic oxidation sites excluding steroid dienone is 6. The summed E-state index contributed by atoms with van der Waals surface area (Å²) in [7, 11) is 0. The highest BCUT2D eigenvalue weighted by Gasteiger charge is 2.30. The van der Waals surface area contributed by atoms with Crippen molar-refractivity contribution in [2.45, 2.75) is 33.3 Å². The molecule has 0 aliphatic carbocycles. The van der Waals surface area contributed by atoms with Gasteiger partial charge in [-0.15, -0.1) is 6.42 Å². The van der Waals surface area contributed by atoms with Crippen LogP contribution < -0.4 is 0 Å². The van der Waals surface area contributed by atoms with Crippen molar-refractivity contribution in [1.29, 1.82) is 0 Å². The van der Waals surface area contributed by atoms with Crippen molar-refractivity contribution in [3.05, 3.63) is 72.9 Å². The van der Waals surface area contributed by atoms with Crippen molar-refractivity contribution in [2.24, 2.45) is 0 Å². The number of aliphatic hydroxyl groups is 1. The van der Waals surface area contributed by atoms with E-state index in [0.29, 0.717) is 11.1 Å². The first-order valence-electron chi connectivity index (χ1n) is 6.72.